The number of nitrogens with zero attached hydrogens (tertiary/aromatic N) is 1. The van der Waals surface area contributed by atoms with E-state index in [1.54, 1.807) is 30.3 Å². The maximum Gasteiger partial charge on any atom is 0.416 e. The summed E-state index contributed by atoms with van der Waals surface area (Å²) < 4.78 is 38.1. The summed E-state index contributed by atoms with van der Waals surface area (Å²) in [6.45, 7) is 0. The van der Waals surface area contributed by atoms with E-state index in [1.165, 1.54) is 7.05 Å². The topological polar surface area (TPSA) is 49.4 Å². The molecule has 0 saturated carbocycles. The Balaban J connectivity index is 2.19. The third-order valence-corrected chi connectivity index (χ3v) is 3.51. The number of anilines is 2. The Kier molecular flexibility index (Phi) is 5.14. The monoisotopic (exact) mass is 356 g/mol. The molecule has 0 unspecified atom stereocenters. The number of hydrogen-bond donors (Lipinski definition) is 1. The Labute approximate surface area is 140 Å². The normalized spacial score (nSPS) is 11.0. The minimum atomic E-state index is -4.59. The number of carbonyl (C=O) groups excluding carboxylic acids is 2. The van der Waals surface area contributed by atoms with Crippen molar-refractivity contribution in [2.24, 2.45) is 0 Å². The summed E-state index contributed by atoms with van der Waals surface area (Å²) in [7, 11) is 1.38. The third kappa shape index (κ3) is 4.05. The lowest BCUT2D eigenvalue weighted by Gasteiger charge is -2.17. The second kappa shape index (κ2) is 6.92. The lowest BCUT2D eigenvalue weighted by Crippen LogP contribution is -2.37. The van der Waals surface area contributed by atoms with Gasteiger partial charge in [0, 0.05) is 12.7 Å². The molecule has 24 heavy (non-hydrogen) atoms. The molecule has 0 spiro atoms. The maximum absolute atomic E-state index is 12.7. The minimum absolute atomic E-state index is 0.105. The molecule has 0 fully saturated rings. The van der Waals surface area contributed by atoms with E-state index >= 15 is 0 Å². The standard InChI is InChI=1S/C16H12ClF3N2O2/c1-22(11-5-3-2-4-6-11)15(24)14(23)21-13-9-10(16(18,19)20)7-8-12(13)17/h2-9H,1H3,(H,21,23). The van der Waals surface area contributed by atoms with Gasteiger partial charge in [-0.15, -0.1) is 0 Å². The fourth-order valence-corrected chi connectivity index (χ4v) is 2.06. The van der Waals surface area contributed by atoms with Gasteiger partial charge in [0.05, 0.1) is 16.3 Å². The van der Waals surface area contributed by atoms with Crippen LogP contribution in [0.15, 0.2) is 48.5 Å². The summed E-state index contributed by atoms with van der Waals surface area (Å²) in [5.41, 5.74) is -0.801. The van der Waals surface area contributed by atoms with Crippen LogP contribution in [-0.2, 0) is 15.8 Å². The lowest BCUT2D eigenvalue weighted by atomic mass is 10.2. The van der Waals surface area contributed by atoms with Crippen LogP contribution in [-0.4, -0.2) is 18.9 Å². The predicted molar refractivity (Wildman–Crippen MR) is 84.9 cm³/mol. The molecular formula is C16H12ClF3N2O2. The van der Waals surface area contributed by atoms with Crippen molar-refractivity contribution < 1.29 is 22.8 Å². The fourth-order valence-electron chi connectivity index (χ4n) is 1.89. The Bertz CT molecular complexity index is 764. The molecule has 4 nitrogen and oxygen atoms in total. The highest BCUT2D eigenvalue weighted by Gasteiger charge is 2.31. The van der Waals surface area contributed by atoms with E-state index in [4.69, 9.17) is 11.6 Å². The van der Waals surface area contributed by atoms with Crippen LogP contribution in [0.1, 0.15) is 5.56 Å². The predicted octanol–water partition coefficient (Wildman–Crippen LogP) is 3.96. The second-order valence-corrected chi connectivity index (χ2v) is 5.25. The number of rotatable bonds is 2. The first-order valence-electron chi connectivity index (χ1n) is 6.71. The van der Waals surface area contributed by atoms with E-state index in [0.29, 0.717) is 11.8 Å². The molecule has 0 aliphatic carbocycles. The Morgan fingerprint density at radius 3 is 2.29 bits per heavy atom. The van der Waals surface area contributed by atoms with Crippen molar-refractivity contribution in [1.82, 2.24) is 0 Å². The van der Waals surface area contributed by atoms with Crippen LogP contribution >= 0.6 is 11.6 Å². The number of nitrogens with one attached hydrogen (secondary N) is 1. The van der Waals surface area contributed by atoms with E-state index in [2.05, 4.69) is 5.32 Å². The van der Waals surface area contributed by atoms with E-state index in [1.807, 2.05) is 0 Å². The number of hydrogen-bond acceptors (Lipinski definition) is 2. The highest BCUT2D eigenvalue weighted by atomic mass is 35.5. The van der Waals surface area contributed by atoms with Crippen molar-refractivity contribution in [2.75, 3.05) is 17.3 Å². The third-order valence-electron chi connectivity index (χ3n) is 3.18. The Morgan fingerprint density at radius 2 is 1.71 bits per heavy atom. The van der Waals surface area contributed by atoms with E-state index in [9.17, 15) is 22.8 Å². The number of amides is 2. The van der Waals surface area contributed by atoms with Gasteiger partial charge in [-0.3, -0.25) is 9.59 Å². The number of likely N-dealkylation sites (N-methyl/N-ethyl adjacent to an activating group) is 1. The summed E-state index contributed by atoms with van der Waals surface area (Å²) in [5.74, 6) is -2.03. The molecule has 2 aromatic rings. The molecule has 126 valence electrons. The fraction of sp³-hybridized carbons (Fsp3) is 0.125. The number of carbonyl (C=O) groups is 2. The molecule has 0 atom stereocenters. The highest BCUT2D eigenvalue weighted by Crippen LogP contribution is 2.33. The quantitative estimate of drug-likeness (QED) is 0.828. The smallest absolute Gasteiger partial charge is 0.316 e. The van der Waals surface area contributed by atoms with Crippen LogP contribution in [0.5, 0.6) is 0 Å². The maximum atomic E-state index is 12.7. The van der Waals surface area contributed by atoms with Gasteiger partial charge in [-0.05, 0) is 30.3 Å². The van der Waals surface area contributed by atoms with Crippen LogP contribution in [0.25, 0.3) is 0 Å². The number of alkyl halides is 3. The lowest BCUT2D eigenvalue weighted by molar-refractivity contribution is -0.137. The molecule has 2 amide bonds. The van der Waals surface area contributed by atoms with Crippen LogP contribution in [0.4, 0.5) is 24.5 Å². The van der Waals surface area contributed by atoms with Gasteiger partial charge in [-0.25, -0.2) is 0 Å². The van der Waals surface area contributed by atoms with E-state index in [-0.39, 0.29) is 10.7 Å². The van der Waals surface area contributed by atoms with Crippen molar-refractivity contribution >= 4 is 34.8 Å². The zero-order valence-corrected chi connectivity index (χ0v) is 13.2. The average molecular weight is 357 g/mol. The summed E-state index contributed by atoms with van der Waals surface area (Å²) in [5, 5.41) is 2.01. The first kappa shape index (κ1) is 17.8. The molecule has 2 aromatic carbocycles. The van der Waals surface area contributed by atoms with Crippen LogP contribution in [0.3, 0.4) is 0 Å². The van der Waals surface area contributed by atoms with Crippen molar-refractivity contribution in [3.05, 3.63) is 59.1 Å². The van der Waals surface area contributed by atoms with Crippen molar-refractivity contribution in [3.8, 4) is 0 Å². The van der Waals surface area contributed by atoms with Crippen molar-refractivity contribution in [2.45, 2.75) is 6.18 Å². The van der Waals surface area contributed by atoms with Gasteiger partial charge in [-0.1, -0.05) is 29.8 Å². The molecule has 0 radical (unpaired) electrons. The first-order valence-corrected chi connectivity index (χ1v) is 7.09. The summed E-state index contributed by atoms with van der Waals surface area (Å²) in [6, 6.07) is 10.8. The molecule has 0 aromatic heterocycles. The zero-order chi connectivity index (χ0) is 17.9. The molecule has 0 aliphatic rings. The number of halogens is 4. The molecule has 1 N–H and O–H groups in total. The molecule has 0 aliphatic heterocycles. The molecule has 0 saturated heterocycles. The zero-order valence-electron chi connectivity index (χ0n) is 12.4. The Hall–Kier alpha value is -2.54. The SMILES string of the molecule is CN(C(=O)C(=O)Nc1cc(C(F)(F)F)ccc1Cl)c1ccccc1. The van der Waals surface area contributed by atoms with Crippen LogP contribution in [0.2, 0.25) is 5.02 Å². The van der Waals surface area contributed by atoms with Gasteiger partial charge < -0.3 is 10.2 Å². The van der Waals surface area contributed by atoms with E-state index < -0.39 is 23.6 Å². The minimum Gasteiger partial charge on any atom is -0.316 e. The first-order chi connectivity index (χ1) is 11.2. The number of benzene rings is 2. The van der Waals surface area contributed by atoms with E-state index in [0.717, 1.165) is 17.0 Å². The second-order valence-electron chi connectivity index (χ2n) is 4.85. The van der Waals surface area contributed by atoms with Crippen molar-refractivity contribution in [3.63, 3.8) is 0 Å². The summed E-state index contributed by atoms with van der Waals surface area (Å²) >= 11 is 5.78. The van der Waals surface area contributed by atoms with Gasteiger partial charge in [0.1, 0.15) is 0 Å². The molecule has 8 heteroatoms. The van der Waals surface area contributed by atoms with Gasteiger partial charge in [0.2, 0.25) is 0 Å². The van der Waals surface area contributed by atoms with Gasteiger partial charge in [0.15, 0.2) is 0 Å². The largest absolute Gasteiger partial charge is 0.416 e. The van der Waals surface area contributed by atoms with Gasteiger partial charge in [0.25, 0.3) is 0 Å². The van der Waals surface area contributed by atoms with Crippen LogP contribution < -0.4 is 10.2 Å². The van der Waals surface area contributed by atoms with Crippen molar-refractivity contribution in [1.29, 1.82) is 0 Å². The molecular weight excluding hydrogens is 345 g/mol. The molecule has 0 bridgehead atoms. The summed E-state index contributed by atoms with van der Waals surface area (Å²) in [4.78, 5) is 25.2. The summed E-state index contributed by atoms with van der Waals surface area (Å²) in [6.07, 6.45) is -4.59. The van der Waals surface area contributed by atoms with Gasteiger partial charge >= 0.3 is 18.0 Å². The average Bonchev–Trinajstić information content (AvgIpc) is 2.55. The number of para-hydroxylation sites is 1. The highest BCUT2D eigenvalue weighted by molar-refractivity contribution is 6.45. The Morgan fingerprint density at radius 1 is 1.08 bits per heavy atom. The molecule has 0 heterocycles. The van der Waals surface area contributed by atoms with Gasteiger partial charge in [-0.2, -0.15) is 13.2 Å². The van der Waals surface area contributed by atoms with Crippen LogP contribution in [0, 0.1) is 0 Å². The molecule has 2 rings (SSSR count).